The first-order valence-electron chi connectivity index (χ1n) is 8.44. The van der Waals surface area contributed by atoms with E-state index >= 15 is 0 Å². The van der Waals surface area contributed by atoms with E-state index in [4.69, 9.17) is 0 Å². The van der Waals surface area contributed by atoms with Crippen LogP contribution in [-0.2, 0) is 4.79 Å². The summed E-state index contributed by atoms with van der Waals surface area (Å²) in [6, 6.07) is 15.5. The fourth-order valence-corrected chi connectivity index (χ4v) is 3.13. The number of hydrogen-bond acceptors (Lipinski definition) is 3. The highest BCUT2D eigenvalue weighted by atomic mass is 16.4. The second-order valence-corrected chi connectivity index (χ2v) is 6.53. The number of nitrogens with zero attached hydrogens (tertiary/aromatic N) is 1. The predicted octanol–water partition coefficient (Wildman–Crippen LogP) is 2.73. The molecule has 1 aliphatic rings. The van der Waals surface area contributed by atoms with Crippen LogP contribution in [0.5, 0.6) is 0 Å². The fraction of sp³-hybridized carbons (Fsp3) is 0.250. The van der Waals surface area contributed by atoms with E-state index in [2.05, 4.69) is 5.32 Å². The Labute approximate surface area is 151 Å². The number of likely N-dealkylation sites (tertiary alicyclic amines) is 1. The van der Waals surface area contributed by atoms with Crippen molar-refractivity contribution in [3.8, 4) is 0 Å². The van der Waals surface area contributed by atoms with Crippen molar-refractivity contribution in [2.75, 3.05) is 18.4 Å². The zero-order valence-corrected chi connectivity index (χ0v) is 14.4. The van der Waals surface area contributed by atoms with E-state index in [1.165, 1.54) is 0 Å². The minimum absolute atomic E-state index is 0.0765. The van der Waals surface area contributed by atoms with E-state index in [1.807, 2.05) is 25.1 Å². The van der Waals surface area contributed by atoms with Crippen molar-refractivity contribution < 1.29 is 19.5 Å². The molecule has 2 amide bonds. The van der Waals surface area contributed by atoms with Gasteiger partial charge >= 0.3 is 5.97 Å². The van der Waals surface area contributed by atoms with Gasteiger partial charge in [0.2, 0.25) is 0 Å². The lowest BCUT2D eigenvalue weighted by Gasteiger charge is -2.16. The predicted molar refractivity (Wildman–Crippen MR) is 97.0 cm³/mol. The van der Waals surface area contributed by atoms with Gasteiger partial charge < -0.3 is 15.3 Å². The number of nitrogens with one attached hydrogen (secondary N) is 1. The third kappa shape index (κ3) is 3.74. The lowest BCUT2D eigenvalue weighted by molar-refractivity contribution is -0.142. The molecular weight excluding hydrogens is 332 g/mol. The monoisotopic (exact) mass is 352 g/mol. The molecule has 0 saturated carbocycles. The molecule has 2 aromatic rings. The Kier molecular flexibility index (Phi) is 5.02. The molecule has 6 nitrogen and oxygen atoms in total. The molecule has 0 spiro atoms. The maximum absolute atomic E-state index is 12.6. The van der Waals surface area contributed by atoms with E-state index in [-0.39, 0.29) is 24.3 Å². The van der Waals surface area contributed by atoms with Gasteiger partial charge in [-0.1, -0.05) is 25.1 Å². The second kappa shape index (κ2) is 7.39. The van der Waals surface area contributed by atoms with Crippen molar-refractivity contribution in [1.29, 1.82) is 0 Å². The number of anilines is 1. The summed E-state index contributed by atoms with van der Waals surface area (Å²) in [7, 11) is 0. The Bertz CT molecular complexity index is 817. The maximum atomic E-state index is 12.6. The molecule has 1 fully saturated rings. The highest BCUT2D eigenvalue weighted by molar-refractivity contribution is 6.05. The number of carboxylic acid groups (broad SMARTS) is 1. The second-order valence-electron chi connectivity index (χ2n) is 6.53. The first kappa shape index (κ1) is 17.7. The van der Waals surface area contributed by atoms with Crippen molar-refractivity contribution in [2.24, 2.45) is 11.8 Å². The fourth-order valence-electron chi connectivity index (χ4n) is 3.13. The Morgan fingerprint density at radius 2 is 1.58 bits per heavy atom. The van der Waals surface area contributed by atoms with Crippen molar-refractivity contribution in [3.63, 3.8) is 0 Å². The molecule has 2 atom stereocenters. The molecule has 1 aliphatic heterocycles. The van der Waals surface area contributed by atoms with Crippen molar-refractivity contribution in [3.05, 3.63) is 65.7 Å². The summed E-state index contributed by atoms with van der Waals surface area (Å²) in [5, 5.41) is 12.0. The molecule has 1 heterocycles. The van der Waals surface area contributed by atoms with Crippen LogP contribution in [0.15, 0.2) is 54.6 Å². The quantitative estimate of drug-likeness (QED) is 0.886. The van der Waals surface area contributed by atoms with Gasteiger partial charge in [0.15, 0.2) is 0 Å². The van der Waals surface area contributed by atoms with E-state index < -0.39 is 11.9 Å². The smallest absolute Gasteiger partial charge is 0.308 e. The summed E-state index contributed by atoms with van der Waals surface area (Å²) < 4.78 is 0. The summed E-state index contributed by atoms with van der Waals surface area (Å²) in [5.74, 6) is -1.95. The first-order valence-corrected chi connectivity index (χ1v) is 8.44. The zero-order chi connectivity index (χ0) is 18.7. The van der Waals surface area contributed by atoms with Crippen LogP contribution in [0.4, 0.5) is 5.69 Å². The van der Waals surface area contributed by atoms with Gasteiger partial charge in [-0.2, -0.15) is 0 Å². The molecule has 0 radical (unpaired) electrons. The highest BCUT2D eigenvalue weighted by Crippen LogP contribution is 2.24. The highest BCUT2D eigenvalue weighted by Gasteiger charge is 2.37. The molecule has 26 heavy (non-hydrogen) atoms. The topological polar surface area (TPSA) is 86.7 Å². The van der Waals surface area contributed by atoms with Gasteiger partial charge in [0.05, 0.1) is 5.92 Å². The molecule has 1 saturated heterocycles. The molecule has 0 unspecified atom stereocenters. The number of carbonyl (C=O) groups excluding carboxylic acids is 2. The molecule has 0 bridgehead atoms. The third-order valence-electron chi connectivity index (χ3n) is 4.64. The largest absolute Gasteiger partial charge is 0.481 e. The lowest BCUT2D eigenvalue weighted by Crippen LogP contribution is -2.30. The third-order valence-corrected chi connectivity index (χ3v) is 4.64. The van der Waals surface area contributed by atoms with Crippen LogP contribution in [-0.4, -0.2) is 40.9 Å². The lowest BCUT2D eigenvalue weighted by atomic mass is 9.99. The van der Waals surface area contributed by atoms with E-state index in [9.17, 15) is 19.5 Å². The summed E-state index contributed by atoms with van der Waals surface area (Å²) in [6.07, 6.45) is 0. The van der Waals surface area contributed by atoms with Crippen LogP contribution in [0.3, 0.4) is 0 Å². The minimum atomic E-state index is -0.874. The number of amides is 2. The standard InChI is InChI=1S/C20H20N2O4/c1-13-11-22(12-17(13)20(25)26)19(24)15-9-7-14(8-10-15)18(23)21-16-5-3-2-4-6-16/h2-10,13,17H,11-12H2,1H3,(H,21,23)(H,25,26)/t13-,17-/m1/s1. The Morgan fingerprint density at radius 3 is 2.15 bits per heavy atom. The van der Waals surface area contributed by atoms with E-state index in [0.29, 0.717) is 23.4 Å². The summed E-state index contributed by atoms with van der Waals surface area (Å²) in [6.45, 7) is 2.47. The average molecular weight is 352 g/mol. The van der Waals surface area contributed by atoms with Crippen molar-refractivity contribution >= 4 is 23.5 Å². The van der Waals surface area contributed by atoms with Gasteiger partial charge in [-0.25, -0.2) is 0 Å². The number of hydrogen-bond donors (Lipinski definition) is 2. The zero-order valence-electron chi connectivity index (χ0n) is 14.4. The molecule has 0 aromatic heterocycles. The van der Waals surface area contributed by atoms with Crippen LogP contribution >= 0.6 is 0 Å². The van der Waals surface area contributed by atoms with Crippen LogP contribution in [0, 0.1) is 11.8 Å². The molecule has 2 aromatic carbocycles. The number of benzene rings is 2. The van der Waals surface area contributed by atoms with E-state index in [0.717, 1.165) is 0 Å². The van der Waals surface area contributed by atoms with Gasteiger partial charge in [0, 0.05) is 29.9 Å². The summed E-state index contributed by atoms with van der Waals surface area (Å²) in [4.78, 5) is 37.6. The first-order chi connectivity index (χ1) is 12.5. The molecule has 134 valence electrons. The van der Waals surface area contributed by atoms with Gasteiger partial charge in [-0.15, -0.1) is 0 Å². The summed E-state index contributed by atoms with van der Waals surface area (Å²) in [5.41, 5.74) is 1.59. The van der Waals surface area contributed by atoms with Crippen LogP contribution in [0.2, 0.25) is 0 Å². The number of rotatable bonds is 4. The number of para-hydroxylation sites is 1. The van der Waals surface area contributed by atoms with Crippen LogP contribution in [0.1, 0.15) is 27.6 Å². The number of aliphatic carboxylic acids is 1. The Morgan fingerprint density at radius 1 is 0.962 bits per heavy atom. The SMILES string of the molecule is C[C@@H]1CN(C(=O)c2ccc(C(=O)Nc3ccccc3)cc2)C[C@H]1C(=O)O. The van der Waals surface area contributed by atoms with Crippen molar-refractivity contribution in [1.82, 2.24) is 4.90 Å². The van der Waals surface area contributed by atoms with Gasteiger partial charge in [0.25, 0.3) is 11.8 Å². The normalized spacial score (nSPS) is 19.2. The number of carboxylic acids is 1. The average Bonchev–Trinajstić information content (AvgIpc) is 3.04. The van der Waals surface area contributed by atoms with Crippen molar-refractivity contribution in [2.45, 2.75) is 6.92 Å². The van der Waals surface area contributed by atoms with Crippen LogP contribution in [0.25, 0.3) is 0 Å². The van der Waals surface area contributed by atoms with Gasteiger partial charge in [-0.05, 0) is 42.3 Å². The molecule has 6 heteroatoms. The molecule has 2 N–H and O–H groups in total. The van der Waals surface area contributed by atoms with E-state index in [1.54, 1.807) is 41.3 Å². The molecule has 3 rings (SSSR count). The Balaban J connectivity index is 1.67. The summed E-state index contributed by atoms with van der Waals surface area (Å²) >= 11 is 0. The molecular formula is C20H20N2O4. The Hall–Kier alpha value is -3.15. The van der Waals surface area contributed by atoms with Gasteiger partial charge in [-0.3, -0.25) is 14.4 Å². The maximum Gasteiger partial charge on any atom is 0.308 e. The van der Waals surface area contributed by atoms with Crippen LogP contribution < -0.4 is 5.32 Å². The number of carbonyl (C=O) groups is 3. The minimum Gasteiger partial charge on any atom is -0.481 e. The molecule has 0 aliphatic carbocycles. The van der Waals surface area contributed by atoms with Gasteiger partial charge in [0.1, 0.15) is 0 Å².